The minimum absolute atomic E-state index is 0.0476. The van der Waals surface area contributed by atoms with Gasteiger partial charge in [0.15, 0.2) is 5.78 Å². The maximum Gasteiger partial charge on any atom is 0.161 e. The highest BCUT2D eigenvalue weighted by molar-refractivity contribution is 5.94. The number of aryl methyl sites for hydroxylation is 3. The first kappa shape index (κ1) is 12.5. The van der Waals surface area contributed by atoms with E-state index in [1.165, 1.54) is 16.7 Å². The summed E-state index contributed by atoms with van der Waals surface area (Å²) < 4.78 is 0. The summed E-state index contributed by atoms with van der Waals surface area (Å²) in [6.07, 6.45) is 1.65. The summed E-state index contributed by atoms with van der Waals surface area (Å²) in [6.45, 7) is 7.83. The lowest BCUT2D eigenvalue weighted by atomic mass is 9.96. The van der Waals surface area contributed by atoms with Crippen LogP contribution in [0.15, 0.2) is 30.5 Å². The number of carbonyl (C=O) groups is 1. The van der Waals surface area contributed by atoms with Crippen molar-refractivity contribution < 1.29 is 4.79 Å². The molecule has 2 rings (SSSR count). The van der Waals surface area contributed by atoms with Crippen molar-refractivity contribution in [1.82, 2.24) is 4.98 Å². The van der Waals surface area contributed by atoms with Crippen molar-refractivity contribution in [3.05, 3.63) is 52.7 Å². The Kier molecular flexibility index (Phi) is 3.28. The third-order valence-corrected chi connectivity index (χ3v) is 3.10. The second-order valence-electron chi connectivity index (χ2n) is 4.76. The number of rotatable bonds is 2. The Bertz CT molecular complexity index is 574. The molecule has 2 nitrogen and oxygen atoms in total. The number of pyridine rings is 1. The lowest BCUT2D eigenvalue weighted by Gasteiger charge is -2.11. The maximum absolute atomic E-state index is 11.2. The van der Waals surface area contributed by atoms with Crippen LogP contribution in [0.1, 0.15) is 34.0 Å². The quantitative estimate of drug-likeness (QED) is 0.744. The summed E-state index contributed by atoms with van der Waals surface area (Å²) in [5, 5.41) is 0. The van der Waals surface area contributed by atoms with Gasteiger partial charge >= 0.3 is 0 Å². The molecular formula is C16H17NO. The van der Waals surface area contributed by atoms with E-state index in [1.54, 1.807) is 13.1 Å². The summed E-state index contributed by atoms with van der Waals surface area (Å²) >= 11 is 0. The lowest BCUT2D eigenvalue weighted by Crippen LogP contribution is -1.96. The van der Waals surface area contributed by atoms with Gasteiger partial charge in [0.2, 0.25) is 0 Å². The Morgan fingerprint density at radius 2 is 1.67 bits per heavy atom. The predicted octanol–water partition coefficient (Wildman–Crippen LogP) is 3.88. The molecule has 0 aliphatic heterocycles. The van der Waals surface area contributed by atoms with E-state index in [0.717, 1.165) is 11.3 Å². The van der Waals surface area contributed by atoms with Gasteiger partial charge in [0.1, 0.15) is 0 Å². The zero-order valence-electron chi connectivity index (χ0n) is 11.2. The summed E-state index contributed by atoms with van der Waals surface area (Å²) in [7, 11) is 0. The Morgan fingerprint density at radius 3 is 2.11 bits per heavy atom. The summed E-state index contributed by atoms with van der Waals surface area (Å²) in [4.78, 5) is 15.6. The Hall–Kier alpha value is -1.96. The molecule has 0 atom stereocenters. The van der Waals surface area contributed by atoms with Crippen molar-refractivity contribution >= 4 is 5.78 Å². The average molecular weight is 239 g/mol. The third kappa shape index (κ3) is 2.33. The molecule has 0 unspecified atom stereocenters. The Labute approximate surface area is 108 Å². The molecule has 0 radical (unpaired) electrons. The van der Waals surface area contributed by atoms with E-state index in [9.17, 15) is 4.79 Å². The number of aromatic nitrogens is 1. The van der Waals surface area contributed by atoms with Crippen molar-refractivity contribution in [2.75, 3.05) is 0 Å². The first-order chi connectivity index (χ1) is 8.49. The summed E-state index contributed by atoms with van der Waals surface area (Å²) in [5.41, 5.74) is 6.44. The second kappa shape index (κ2) is 4.73. The lowest BCUT2D eigenvalue weighted by molar-refractivity contribution is 0.101. The van der Waals surface area contributed by atoms with Crippen LogP contribution in [-0.4, -0.2) is 10.8 Å². The highest BCUT2D eigenvalue weighted by Gasteiger charge is 2.08. The van der Waals surface area contributed by atoms with Gasteiger partial charge in [-0.15, -0.1) is 0 Å². The second-order valence-corrected chi connectivity index (χ2v) is 4.76. The predicted molar refractivity (Wildman–Crippen MR) is 73.9 cm³/mol. The SMILES string of the molecule is CC(=O)c1ccc(-c2c(C)cc(C)cc2C)nc1. The van der Waals surface area contributed by atoms with E-state index in [-0.39, 0.29) is 5.78 Å². The number of nitrogens with zero attached hydrogens (tertiary/aromatic N) is 1. The maximum atomic E-state index is 11.2. The number of benzene rings is 1. The molecule has 0 bridgehead atoms. The van der Waals surface area contributed by atoms with Crippen molar-refractivity contribution in [2.24, 2.45) is 0 Å². The first-order valence-electron chi connectivity index (χ1n) is 6.04. The van der Waals surface area contributed by atoms with Crippen LogP contribution < -0.4 is 0 Å². The molecule has 0 fully saturated rings. The van der Waals surface area contributed by atoms with Crippen LogP contribution in [0.5, 0.6) is 0 Å². The number of ketones is 1. The van der Waals surface area contributed by atoms with Crippen LogP contribution in [-0.2, 0) is 0 Å². The van der Waals surface area contributed by atoms with E-state index < -0.39 is 0 Å². The molecule has 0 amide bonds. The van der Waals surface area contributed by atoms with Gasteiger partial charge in [0, 0.05) is 17.3 Å². The molecule has 0 spiro atoms. The number of Topliss-reactive ketones (excluding diaryl/α,β-unsaturated/α-hetero) is 1. The van der Waals surface area contributed by atoms with E-state index in [4.69, 9.17) is 0 Å². The molecular weight excluding hydrogens is 222 g/mol. The monoisotopic (exact) mass is 239 g/mol. The molecule has 1 aromatic carbocycles. The fourth-order valence-electron chi connectivity index (χ4n) is 2.33. The first-order valence-corrected chi connectivity index (χ1v) is 6.04. The third-order valence-electron chi connectivity index (χ3n) is 3.10. The van der Waals surface area contributed by atoms with Gasteiger partial charge in [-0.2, -0.15) is 0 Å². The van der Waals surface area contributed by atoms with Gasteiger partial charge in [-0.25, -0.2) is 0 Å². The standard InChI is InChI=1S/C16H17NO/c1-10-7-11(2)16(12(3)8-10)15-6-5-14(9-17-15)13(4)18/h5-9H,1-4H3. The molecule has 0 aliphatic carbocycles. The van der Waals surface area contributed by atoms with Gasteiger partial charge in [0.05, 0.1) is 5.69 Å². The van der Waals surface area contributed by atoms with Crippen LogP contribution in [0, 0.1) is 20.8 Å². The van der Waals surface area contributed by atoms with Gasteiger partial charge < -0.3 is 0 Å². The molecule has 0 saturated heterocycles. The van der Waals surface area contributed by atoms with Crippen molar-refractivity contribution in [3.8, 4) is 11.3 Å². The largest absolute Gasteiger partial charge is 0.294 e. The van der Waals surface area contributed by atoms with Gasteiger partial charge in [-0.1, -0.05) is 17.7 Å². The number of carbonyl (C=O) groups excluding carboxylic acids is 1. The minimum atomic E-state index is 0.0476. The van der Waals surface area contributed by atoms with E-state index in [1.807, 2.05) is 12.1 Å². The van der Waals surface area contributed by atoms with Crippen LogP contribution >= 0.6 is 0 Å². The van der Waals surface area contributed by atoms with Crippen LogP contribution in [0.3, 0.4) is 0 Å². The van der Waals surface area contributed by atoms with Crippen LogP contribution in [0.2, 0.25) is 0 Å². The molecule has 2 heteroatoms. The zero-order valence-corrected chi connectivity index (χ0v) is 11.2. The van der Waals surface area contributed by atoms with Crippen LogP contribution in [0.4, 0.5) is 0 Å². The topological polar surface area (TPSA) is 30.0 Å². The average Bonchev–Trinajstić information content (AvgIpc) is 2.28. The van der Waals surface area contributed by atoms with Gasteiger partial charge in [-0.05, 0) is 51.0 Å². The normalized spacial score (nSPS) is 10.4. The molecule has 2 aromatic rings. The van der Waals surface area contributed by atoms with Crippen molar-refractivity contribution in [3.63, 3.8) is 0 Å². The van der Waals surface area contributed by atoms with Crippen molar-refractivity contribution in [1.29, 1.82) is 0 Å². The van der Waals surface area contributed by atoms with Crippen LogP contribution in [0.25, 0.3) is 11.3 Å². The minimum Gasteiger partial charge on any atom is -0.294 e. The highest BCUT2D eigenvalue weighted by Crippen LogP contribution is 2.26. The van der Waals surface area contributed by atoms with E-state index >= 15 is 0 Å². The summed E-state index contributed by atoms with van der Waals surface area (Å²) in [5.74, 6) is 0.0476. The number of hydrogen-bond acceptors (Lipinski definition) is 2. The molecule has 1 aromatic heterocycles. The van der Waals surface area contributed by atoms with E-state index in [2.05, 4.69) is 37.9 Å². The molecule has 18 heavy (non-hydrogen) atoms. The molecule has 0 saturated carbocycles. The molecule has 92 valence electrons. The fraction of sp³-hybridized carbons (Fsp3) is 0.250. The zero-order chi connectivity index (χ0) is 13.3. The fourth-order valence-corrected chi connectivity index (χ4v) is 2.33. The molecule has 0 N–H and O–H groups in total. The molecule has 0 aliphatic rings. The number of hydrogen-bond donors (Lipinski definition) is 0. The summed E-state index contributed by atoms with van der Waals surface area (Å²) in [6, 6.07) is 8.07. The van der Waals surface area contributed by atoms with Crippen molar-refractivity contribution in [2.45, 2.75) is 27.7 Å². The molecule has 1 heterocycles. The van der Waals surface area contributed by atoms with Gasteiger partial charge in [-0.3, -0.25) is 9.78 Å². The van der Waals surface area contributed by atoms with E-state index in [0.29, 0.717) is 5.56 Å². The highest BCUT2D eigenvalue weighted by atomic mass is 16.1. The Morgan fingerprint density at radius 1 is 1.06 bits per heavy atom. The van der Waals surface area contributed by atoms with Gasteiger partial charge in [0.25, 0.3) is 0 Å². The smallest absolute Gasteiger partial charge is 0.161 e. The Balaban J connectivity index is 2.52.